The van der Waals surface area contributed by atoms with Gasteiger partial charge >= 0.3 is 6.03 Å². The highest BCUT2D eigenvalue weighted by Gasteiger charge is 2.43. The number of carbonyl (C=O) groups excluding carboxylic acids is 2. The van der Waals surface area contributed by atoms with E-state index in [9.17, 15) is 18.0 Å². The van der Waals surface area contributed by atoms with E-state index in [0.717, 1.165) is 35.6 Å². The molecule has 0 saturated heterocycles. The van der Waals surface area contributed by atoms with Crippen molar-refractivity contribution in [3.8, 4) is 0 Å². The summed E-state index contributed by atoms with van der Waals surface area (Å²) in [5, 5.41) is 3.01. The fraction of sp³-hybridized carbons (Fsp3) is 0.391. The average molecular weight is 442 g/mol. The summed E-state index contributed by atoms with van der Waals surface area (Å²) in [5.74, 6) is -0.282. The molecule has 8 heteroatoms. The van der Waals surface area contributed by atoms with E-state index in [-0.39, 0.29) is 29.1 Å². The van der Waals surface area contributed by atoms with Gasteiger partial charge in [0.05, 0.1) is 11.4 Å². The lowest BCUT2D eigenvalue weighted by atomic mass is 9.95. The summed E-state index contributed by atoms with van der Waals surface area (Å²) in [6.07, 6.45) is 5.19. The van der Waals surface area contributed by atoms with E-state index in [0.29, 0.717) is 11.3 Å². The molecule has 1 heterocycles. The molecule has 0 radical (unpaired) electrons. The van der Waals surface area contributed by atoms with Crippen LogP contribution in [0.2, 0.25) is 0 Å². The first-order chi connectivity index (χ1) is 14.8. The second kappa shape index (κ2) is 8.34. The number of para-hydroxylation sites is 1. The molecule has 164 valence electrons. The molecule has 1 aliphatic heterocycles. The zero-order valence-electron chi connectivity index (χ0n) is 17.8. The number of fused-ring (bicyclic) bond motifs is 1. The van der Waals surface area contributed by atoms with Crippen molar-refractivity contribution in [1.82, 2.24) is 5.32 Å². The van der Waals surface area contributed by atoms with Crippen LogP contribution >= 0.6 is 0 Å². The summed E-state index contributed by atoms with van der Waals surface area (Å²) in [4.78, 5) is 27.5. The number of rotatable bonds is 4. The molecule has 0 aromatic heterocycles. The SMILES string of the molecule is Cc1ccc(N2C(=O)N(CC(=O)NC3CCCCC3)c3ccccc3S2(=O)=O)c(C)c1. The number of benzene rings is 2. The van der Waals surface area contributed by atoms with Crippen molar-refractivity contribution in [3.05, 3.63) is 53.6 Å². The molecule has 0 bridgehead atoms. The van der Waals surface area contributed by atoms with Gasteiger partial charge in [-0.05, 0) is 50.5 Å². The predicted molar refractivity (Wildman–Crippen MR) is 120 cm³/mol. The minimum atomic E-state index is -4.11. The van der Waals surface area contributed by atoms with Crippen LogP contribution in [0.1, 0.15) is 43.2 Å². The van der Waals surface area contributed by atoms with Crippen LogP contribution in [-0.4, -0.2) is 32.9 Å². The number of aryl methyl sites for hydroxylation is 2. The smallest absolute Gasteiger partial charge is 0.343 e. The van der Waals surface area contributed by atoms with Gasteiger partial charge < -0.3 is 5.32 Å². The Morgan fingerprint density at radius 2 is 1.74 bits per heavy atom. The summed E-state index contributed by atoms with van der Waals surface area (Å²) in [5.41, 5.74) is 2.16. The van der Waals surface area contributed by atoms with Crippen LogP contribution in [0.25, 0.3) is 0 Å². The topological polar surface area (TPSA) is 86.8 Å². The molecule has 4 rings (SSSR count). The molecule has 0 unspecified atom stereocenters. The van der Waals surface area contributed by atoms with Gasteiger partial charge in [0.15, 0.2) is 0 Å². The van der Waals surface area contributed by atoms with E-state index in [1.165, 1.54) is 17.4 Å². The molecular weight excluding hydrogens is 414 g/mol. The molecule has 7 nitrogen and oxygen atoms in total. The van der Waals surface area contributed by atoms with Crippen molar-refractivity contribution >= 4 is 33.3 Å². The Bertz CT molecular complexity index is 1120. The standard InChI is InChI=1S/C23H27N3O4S/c1-16-12-13-19(17(2)14-16)26-23(28)25(15-22(27)24-18-8-4-3-5-9-18)20-10-6-7-11-21(20)31(26,29)30/h6-7,10-14,18H,3-5,8-9,15H2,1-2H3,(H,24,27). The number of hydrogen-bond donors (Lipinski definition) is 1. The molecule has 1 saturated carbocycles. The number of nitrogens with one attached hydrogen (secondary N) is 1. The Morgan fingerprint density at radius 1 is 1.03 bits per heavy atom. The Hall–Kier alpha value is -2.87. The maximum atomic E-state index is 13.5. The number of carbonyl (C=O) groups is 2. The average Bonchev–Trinajstić information content (AvgIpc) is 2.73. The van der Waals surface area contributed by atoms with E-state index in [2.05, 4.69) is 5.32 Å². The minimum Gasteiger partial charge on any atom is -0.352 e. The summed E-state index contributed by atoms with van der Waals surface area (Å²) in [6.45, 7) is 3.44. The highest BCUT2D eigenvalue weighted by atomic mass is 32.2. The number of sulfonamides is 1. The minimum absolute atomic E-state index is 0.0139. The van der Waals surface area contributed by atoms with Crippen LogP contribution in [0.3, 0.4) is 0 Å². The Kier molecular flexibility index (Phi) is 5.75. The molecule has 31 heavy (non-hydrogen) atoms. The van der Waals surface area contributed by atoms with Crippen LogP contribution in [0.4, 0.5) is 16.2 Å². The third kappa shape index (κ3) is 4.04. The third-order valence-corrected chi connectivity index (χ3v) is 7.66. The van der Waals surface area contributed by atoms with Crippen LogP contribution in [0.5, 0.6) is 0 Å². The fourth-order valence-corrected chi connectivity index (χ4v) is 6.05. The van der Waals surface area contributed by atoms with Gasteiger partial charge in [0.1, 0.15) is 11.4 Å². The summed E-state index contributed by atoms with van der Waals surface area (Å²) < 4.78 is 27.6. The van der Waals surface area contributed by atoms with E-state index >= 15 is 0 Å². The number of urea groups is 1. The fourth-order valence-electron chi connectivity index (χ4n) is 4.39. The second-order valence-electron chi connectivity index (χ2n) is 8.30. The van der Waals surface area contributed by atoms with Crippen molar-refractivity contribution < 1.29 is 18.0 Å². The van der Waals surface area contributed by atoms with Gasteiger partial charge in [-0.1, -0.05) is 49.1 Å². The third-order valence-electron chi connectivity index (χ3n) is 5.92. The molecule has 2 aromatic carbocycles. The maximum absolute atomic E-state index is 13.5. The number of amides is 3. The zero-order valence-corrected chi connectivity index (χ0v) is 18.6. The Labute approximate surface area is 183 Å². The summed E-state index contributed by atoms with van der Waals surface area (Å²) in [7, 11) is -4.11. The van der Waals surface area contributed by atoms with E-state index < -0.39 is 16.1 Å². The van der Waals surface area contributed by atoms with Crippen molar-refractivity contribution in [2.75, 3.05) is 15.7 Å². The van der Waals surface area contributed by atoms with E-state index in [1.54, 1.807) is 37.3 Å². The highest BCUT2D eigenvalue weighted by Crippen LogP contribution is 2.38. The largest absolute Gasteiger partial charge is 0.352 e. The van der Waals surface area contributed by atoms with Crippen LogP contribution in [-0.2, 0) is 14.8 Å². The highest BCUT2D eigenvalue weighted by molar-refractivity contribution is 7.94. The monoisotopic (exact) mass is 441 g/mol. The lowest BCUT2D eigenvalue weighted by molar-refractivity contribution is -0.120. The molecule has 1 aliphatic carbocycles. The first-order valence-corrected chi connectivity index (χ1v) is 12.1. The molecule has 0 atom stereocenters. The normalized spacial score (nSPS) is 18.6. The number of nitrogens with zero attached hydrogens (tertiary/aromatic N) is 2. The second-order valence-corrected chi connectivity index (χ2v) is 10.1. The predicted octanol–water partition coefficient (Wildman–Crippen LogP) is 3.89. The van der Waals surface area contributed by atoms with Gasteiger partial charge in [0.25, 0.3) is 10.0 Å². The van der Waals surface area contributed by atoms with Crippen molar-refractivity contribution in [3.63, 3.8) is 0 Å². The molecule has 1 N–H and O–H groups in total. The molecular formula is C23H27N3O4S. The Balaban J connectivity index is 1.71. The molecule has 0 spiro atoms. The quantitative estimate of drug-likeness (QED) is 0.780. The summed E-state index contributed by atoms with van der Waals surface area (Å²) >= 11 is 0. The molecule has 2 aliphatic rings. The number of hydrogen-bond acceptors (Lipinski definition) is 4. The van der Waals surface area contributed by atoms with Crippen molar-refractivity contribution in [2.45, 2.75) is 56.9 Å². The van der Waals surface area contributed by atoms with Gasteiger partial charge in [-0.15, -0.1) is 0 Å². The van der Waals surface area contributed by atoms with Gasteiger partial charge in [0, 0.05) is 6.04 Å². The van der Waals surface area contributed by atoms with Gasteiger partial charge in [-0.2, -0.15) is 4.31 Å². The van der Waals surface area contributed by atoms with Crippen LogP contribution < -0.4 is 14.5 Å². The van der Waals surface area contributed by atoms with Crippen molar-refractivity contribution in [1.29, 1.82) is 0 Å². The van der Waals surface area contributed by atoms with Gasteiger partial charge in [-0.3, -0.25) is 9.69 Å². The van der Waals surface area contributed by atoms with Gasteiger partial charge in [0.2, 0.25) is 5.91 Å². The van der Waals surface area contributed by atoms with E-state index in [1.807, 2.05) is 13.0 Å². The van der Waals surface area contributed by atoms with Crippen LogP contribution in [0, 0.1) is 13.8 Å². The maximum Gasteiger partial charge on any atom is 0.343 e. The van der Waals surface area contributed by atoms with Crippen LogP contribution in [0.15, 0.2) is 47.4 Å². The molecule has 1 fully saturated rings. The lowest BCUT2D eigenvalue weighted by Crippen LogP contribution is -2.54. The number of anilines is 2. The first-order valence-electron chi connectivity index (χ1n) is 10.6. The zero-order chi connectivity index (χ0) is 22.2. The Morgan fingerprint density at radius 3 is 2.45 bits per heavy atom. The lowest BCUT2D eigenvalue weighted by Gasteiger charge is -2.36. The van der Waals surface area contributed by atoms with Crippen molar-refractivity contribution in [2.24, 2.45) is 0 Å². The molecule has 3 amide bonds. The van der Waals surface area contributed by atoms with Gasteiger partial charge in [-0.25, -0.2) is 13.2 Å². The molecule has 2 aromatic rings. The summed E-state index contributed by atoms with van der Waals surface area (Å²) in [6, 6.07) is 10.9. The van der Waals surface area contributed by atoms with E-state index in [4.69, 9.17) is 0 Å². The first kappa shape index (κ1) is 21.4.